The van der Waals surface area contributed by atoms with Crippen LogP contribution in [-0.2, 0) is 22.7 Å². The molecule has 0 amide bonds. The summed E-state index contributed by atoms with van der Waals surface area (Å²) in [6, 6.07) is 4.79. The zero-order valence-corrected chi connectivity index (χ0v) is 20.1. The fourth-order valence-corrected chi connectivity index (χ4v) is 5.05. The van der Waals surface area contributed by atoms with E-state index in [1.54, 1.807) is 13.8 Å². The van der Waals surface area contributed by atoms with Gasteiger partial charge in [0.25, 0.3) is 5.92 Å². The molecule has 0 bridgehead atoms. The lowest BCUT2D eigenvalue weighted by molar-refractivity contribution is -0.0688. The number of benzene rings is 2. The molecule has 2 aliphatic rings. The van der Waals surface area contributed by atoms with E-state index in [1.165, 1.54) is 12.1 Å². The van der Waals surface area contributed by atoms with Gasteiger partial charge < -0.3 is 25.0 Å². The molecule has 3 heterocycles. The summed E-state index contributed by atoms with van der Waals surface area (Å²) in [5, 5.41) is 24.3. The molecule has 0 unspecified atom stereocenters. The monoisotopic (exact) mass is 503 g/mol. The highest BCUT2D eigenvalue weighted by Crippen LogP contribution is 2.45. The summed E-state index contributed by atoms with van der Waals surface area (Å²) in [5.74, 6) is -3.28. The summed E-state index contributed by atoms with van der Waals surface area (Å²) in [6.45, 7) is 3.20. The number of nitrogens with zero attached hydrogens (tertiary/aromatic N) is 2. The van der Waals surface area contributed by atoms with Crippen LogP contribution in [0.3, 0.4) is 0 Å². The van der Waals surface area contributed by atoms with Crippen LogP contribution in [0.25, 0.3) is 10.9 Å². The number of aromatic nitrogens is 2. The van der Waals surface area contributed by atoms with E-state index in [-0.39, 0.29) is 5.56 Å². The molecule has 0 spiro atoms. The van der Waals surface area contributed by atoms with E-state index < -0.39 is 35.6 Å². The van der Waals surface area contributed by atoms with Crippen molar-refractivity contribution in [1.82, 2.24) is 9.97 Å². The average Bonchev–Trinajstić information content (AvgIpc) is 3.34. The van der Waals surface area contributed by atoms with Gasteiger partial charge in [0.2, 0.25) is 0 Å². The first-order valence-corrected chi connectivity index (χ1v) is 12.0. The molecule has 0 saturated carbocycles. The van der Waals surface area contributed by atoms with Crippen LogP contribution in [0.15, 0.2) is 24.3 Å². The molecule has 10 heteroatoms. The maximum atomic E-state index is 15.1. The first-order chi connectivity index (χ1) is 17.1. The number of rotatable bonds is 6. The van der Waals surface area contributed by atoms with Crippen LogP contribution in [0.2, 0.25) is 0 Å². The Morgan fingerprint density at radius 1 is 1.19 bits per heavy atom. The summed E-state index contributed by atoms with van der Waals surface area (Å²) >= 11 is 0. The highest BCUT2D eigenvalue weighted by Gasteiger charge is 2.38. The maximum absolute atomic E-state index is 15.1. The van der Waals surface area contributed by atoms with Gasteiger partial charge >= 0.3 is 0 Å². The third-order valence-electron chi connectivity index (χ3n) is 7.01. The van der Waals surface area contributed by atoms with Gasteiger partial charge in [0.15, 0.2) is 0 Å². The summed E-state index contributed by atoms with van der Waals surface area (Å²) in [4.78, 5) is 9.17. The Balaban J connectivity index is 1.61. The molecular formula is C26H28F3N3O4. The first-order valence-electron chi connectivity index (χ1n) is 12.0. The molecule has 3 aromatic rings. The minimum absolute atomic E-state index is 0.0119. The lowest BCUT2D eigenvalue weighted by Gasteiger charge is -2.33. The summed E-state index contributed by atoms with van der Waals surface area (Å²) in [5.41, 5.74) is 0.205. The molecule has 36 heavy (non-hydrogen) atoms. The number of fused-ring (bicyclic) bond motifs is 3. The molecule has 0 radical (unpaired) electrons. The molecule has 1 atom stereocenters. The SMILES string of the molecule is Cc1nc(N[C@H](C)c2cccc(C(F)(F)CO)c2F)c2cc(C3(O)CCOCC3)c3c(c2n1)CCO3. The Labute approximate surface area is 206 Å². The molecule has 1 aromatic heterocycles. The van der Waals surface area contributed by atoms with E-state index in [2.05, 4.69) is 15.3 Å². The number of alkyl halides is 2. The van der Waals surface area contributed by atoms with Gasteiger partial charge in [-0.3, -0.25) is 0 Å². The lowest BCUT2D eigenvalue weighted by Crippen LogP contribution is -2.33. The standard InChI is InChI=1S/C26H28F3N3O4/c1-14(16-4-3-5-19(21(16)27)26(28,29)13-33)30-24-18-12-20(25(34)7-10-35-11-8-25)23-17(6-9-36-23)22(18)31-15(2)32-24/h3-5,12,14,33-34H,6-11,13H2,1-2H3,(H,30,31,32)/t14-/m1/s1. The van der Waals surface area contributed by atoms with E-state index in [1.807, 2.05) is 6.07 Å². The van der Waals surface area contributed by atoms with Gasteiger partial charge in [-0.2, -0.15) is 8.78 Å². The van der Waals surface area contributed by atoms with Gasteiger partial charge in [-0.05, 0) is 26.0 Å². The van der Waals surface area contributed by atoms with E-state index in [9.17, 15) is 13.9 Å². The van der Waals surface area contributed by atoms with Crippen molar-refractivity contribution in [3.05, 3.63) is 58.2 Å². The highest BCUT2D eigenvalue weighted by molar-refractivity contribution is 5.94. The Kier molecular flexibility index (Phi) is 6.30. The van der Waals surface area contributed by atoms with E-state index in [0.717, 1.165) is 11.6 Å². The van der Waals surface area contributed by atoms with Gasteiger partial charge in [-0.25, -0.2) is 14.4 Å². The number of anilines is 1. The van der Waals surface area contributed by atoms with Crippen molar-refractivity contribution in [2.75, 3.05) is 31.7 Å². The van der Waals surface area contributed by atoms with E-state index in [4.69, 9.17) is 14.6 Å². The molecule has 3 N–H and O–H groups in total. The Morgan fingerprint density at radius 3 is 2.67 bits per heavy atom. The molecule has 7 nitrogen and oxygen atoms in total. The minimum atomic E-state index is -3.70. The molecule has 1 fully saturated rings. The van der Waals surface area contributed by atoms with Crippen LogP contribution in [0.5, 0.6) is 5.75 Å². The number of aliphatic hydroxyl groups is 2. The number of ether oxygens (including phenoxy) is 2. The highest BCUT2D eigenvalue weighted by atomic mass is 19.3. The average molecular weight is 504 g/mol. The number of aliphatic hydroxyl groups excluding tert-OH is 1. The zero-order chi connectivity index (χ0) is 25.7. The van der Waals surface area contributed by atoms with Crippen LogP contribution < -0.4 is 10.1 Å². The second-order valence-corrected chi connectivity index (χ2v) is 9.43. The number of halogens is 3. The van der Waals surface area contributed by atoms with Crippen molar-refractivity contribution in [1.29, 1.82) is 0 Å². The topological polar surface area (TPSA) is 96.7 Å². The normalized spacial score (nSPS) is 18.1. The number of nitrogens with one attached hydrogen (secondary N) is 1. The summed E-state index contributed by atoms with van der Waals surface area (Å²) in [7, 11) is 0. The van der Waals surface area contributed by atoms with Gasteiger partial charge in [-0.15, -0.1) is 0 Å². The molecule has 2 aromatic carbocycles. The van der Waals surface area contributed by atoms with Gasteiger partial charge in [-0.1, -0.05) is 12.1 Å². The molecule has 5 rings (SSSR count). The summed E-state index contributed by atoms with van der Waals surface area (Å²) in [6.07, 6.45) is 1.44. The third kappa shape index (κ3) is 4.16. The largest absolute Gasteiger partial charge is 0.492 e. The number of aryl methyl sites for hydroxylation is 1. The zero-order valence-electron chi connectivity index (χ0n) is 20.1. The molecule has 1 saturated heterocycles. The predicted molar refractivity (Wildman–Crippen MR) is 127 cm³/mol. The second-order valence-electron chi connectivity index (χ2n) is 9.43. The lowest BCUT2D eigenvalue weighted by atomic mass is 9.84. The quantitative estimate of drug-likeness (QED) is 0.462. The Hall–Kier alpha value is -2.95. The van der Waals surface area contributed by atoms with Crippen molar-refractivity contribution in [3.8, 4) is 5.75 Å². The van der Waals surface area contributed by atoms with E-state index in [0.29, 0.717) is 72.9 Å². The van der Waals surface area contributed by atoms with Crippen LogP contribution in [0.4, 0.5) is 19.0 Å². The second kappa shape index (κ2) is 9.17. The van der Waals surface area contributed by atoms with Crippen molar-refractivity contribution >= 4 is 16.7 Å². The van der Waals surface area contributed by atoms with Crippen molar-refractivity contribution in [3.63, 3.8) is 0 Å². The summed E-state index contributed by atoms with van der Waals surface area (Å²) < 4.78 is 54.7. The first kappa shape index (κ1) is 24.7. The van der Waals surface area contributed by atoms with Crippen LogP contribution in [0, 0.1) is 12.7 Å². The predicted octanol–water partition coefficient (Wildman–Crippen LogP) is 4.27. The van der Waals surface area contributed by atoms with Crippen molar-refractivity contribution < 1.29 is 32.9 Å². The Morgan fingerprint density at radius 2 is 1.94 bits per heavy atom. The Bertz CT molecular complexity index is 1310. The van der Waals surface area contributed by atoms with Crippen LogP contribution >= 0.6 is 0 Å². The number of hydrogen-bond donors (Lipinski definition) is 3. The van der Waals surface area contributed by atoms with Crippen molar-refractivity contribution in [2.24, 2.45) is 0 Å². The molecule has 0 aliphatic carbocycles. The third-order valence-corrected chi connectivity index (χ3v) is 7.01. The maximum Gasteiger partial charge on any atom is 0.298 e. The minimum Gasteiger partial charge on any atom is -0.492 e. The smallest absolute Gasteiger partial charge is 0.298 e. The fraction of sp³-hybridized carbons (Fsp3) is 0.462. The van der Waals surface area contributed by atoms with Gasteiger partial charge in [0.1, 0.15) is 29.8 Å². The molecule has 2 aliphatic heterocycles. The number of hydrogen-bond acceptors (Lipinski definition) is 7. The fourth-order valence-electron chi connectivity index (χ4n) is 5.05. The van der Waals surface area contributed by atoms with Crippen LogP contribution in [-0.4, -0.2) is 46.6 Å². The van der Waals surface area contributed by atoms with Gasteiger partial charge in [0.05, 0.1) is 29.3 Å². The van der Waals surface area contributed by atoms with Crippen molar-refractivity contribution in [2.45, 2.75) is 50.7 Å². The van der Waals surface area contributed by atoms with Crippen LogP contribution in [0.1, 0.15) is 53.9 Å². The van der Waals surface area contributed by atoms with Gasteiger partial charge in [0, 0.05) is 54.6 Å². The molecule has 192 valence electrons. The van der Waals surface area contributed by atoms with E-state index >= 15 is 4.39 Å². The molecular weight excluding hydrogens is 475 g/mol.